The van der Waals surface area contributed by atoms with Gasteiger partial charge in [-0.3, -0.25) is 23.2 Å². The second-order valence-corrected chi connectivity index (χ2v) is 19.2. The van der Waals surface area contributed by atoms with Gasteiger partial charge in [-0.05, 0) is 95.7 Å². The lowest BCUT2D eigenvalue weighted by molar-refractivity contribution is 0.0687. The molecule has 26 nitrogen and oxygen atoms in total. The van der Waals surface area contributed by atoms with Crippen LogP contribution in [0.5, 0.6) is 0 Å². The minimum Gasteiger partial charge on any atom is -0.478 e. The van der Waals surface area contributed by atoms with Crippen molar-refractivity contribution in [2.24, 2.45) is 20.5 Å². The summed E-state index contributed by atoms with van der Waals surface area (Å²) >= 11 is 0. The first kappa shape index (κ1) is 47.0. The summed E-state index contributed by atoms with van der Waals surface area (Å²) in [5.41, 5.74) is -2.35. The maximum atomic E-state index is 12.6. The van der Waals surface area contributed by atoms with E-state index in [1.807, 2.05) is 0 Å². The normalized spacial score (nSPS) is 12.5. The summed E-state index contributed by atoms with van der Waals surface area (Å²) in [7, 11) is -19.7. The summed E-state index contributed by atoms with van der Waals surface area (Å²) in [6.07, 6.45) is 0. The zero-order valence-electron chi connectivity index (χ0n) is 32.7. The summed E-state index contributed by atoms with van der Waals surface area (Å²) < 4.78 is 133. The van der Waals surface area contributed by atoms with Gasteiger partial charge in [0, 0.05) is 10.8 Å². The first-order valence-electron chi connectivity index (χ1n) is 17.9. The third kappa shape index (κ3) is 10.8. The van der Waals surface area contributed by atoms with E-state index in [2.05, 4.69) is 46.0 Å². The average molecular weight is 996 g/mol. The van der Waals surface area contributed by atoms with Crippen molar-refractivity contribution in [3.05, 3.63) is 119 Å². The molecule has 0 amide bonds. The molecule has 30 heteroatoms. The third-order valence-corrected chi connectivity index (χ3v) is 12.5. The number of benzene rings is 6. The molecule has 0 spiro atoms. The number of hydrogen-bond acceptors (Lipinski definition) is 19. The van der Waals surface area contributed by atoms with Gasteiger partial charge in [0.2, 0.25) is 11.9 Å². The van der Waals surface area contributed by atoms with Crippen molar-refractivity contribution in [3.63, 3.8) is 0 Å². The molecule has 9 N–H and O–H groups in total. The molecule has 344 valence electrons. The number of nitrogens with zero attached hydrogens (tertiary/aromatic N) is 6. The van der Waals surface area contributed by atoms with Gasteiger partial charge in [-0.1, -0.05) is 12.1 Å². The number of nitrogens with one attached hydrogen (secondary N) is 3. The van der Waals surface area contributed by atoms with Crippen molar-refractivity contribution in [2.75, 3.05) is 10.6 Å². The standard InChI is InChI=1S/C37H25N9O17S4/c47-33(48)27-13-21(45-43-19-3-1-17-9-23(64(52,53)54)15-31(25(17)11-19)66(58,59)60)5-7-29(27)38-35-40-36(42-37(51)41-35)39-30-8-6-22(14-28(30)34(49)50)46-44-20-4-2-18-10-24(65(55,56)57)16-32(26(18)12-20)67(61,62)63/h1-16H,(H,47,48)(H,49,50)(H,52,53,54)(H,55,56,57)(H,58,59,60)(H,61,62,63)(H3,38,39,40,41,42,51). The molecule has 0 aliphatic heterocycles. The Hall–Kier alpha value is -7.97. The number of carbonyl (C=O) groups is 2. The minimum absolute atomic E-state index is 0.0145. The van der Waals surface area contributed by atoms with E-state index < -0.39 is 94.8 Å². The highest BCUT2D eigenvalue weighted by Gasteiger charge is 2.23. The molecule has 1 aromatic heterocycles. The highest BCUT2D eigenvalue weighted by molar-refractivity contribution is 7.87. The Morgan fingerprint density at radius 2 is 0.881 bits per heavy atom. The van der Waals surface area contributed by atoms with Crippen LogP contribution in [0.2, 0.25) is 0 Å². The summed E-state index contributed by atoms with van der Waals surface area (Å²) in [4.78, 5) is 43.9. The van der Waals surface area contributed by atoms with Crippen LogP contribution in [0, 0.1) is 0 Å². The molecule has 1 heterocycles. The van der Waals surface area contributed by atoms with Gasteiger partial charge in [0.05, 0.1) is 55.0 Å². The van der Waals surface area contributed by atoms with Crippen LogP contribution in [0.4, 0.5) is 46.0 Å². The van der Waals surface area contributed by atoms with Crippen LogP contribution in [0.3, 0.4) is 0 Å². The fraction of sp³-hybridized carbons (Fsp3) is 0. The number of carboxylic acid groups (broad SMARTS) is 2. The summed E-state index contributed by atoms with van der Waals surface area (Å²) in [6, 6.07) is 17.5. The Bertz CT molecular complexity index is 3620. The molecule has 0 saturated carbocycles. The number of H-pyrrole nitrogens is 1. The number of azo groups is 2. The van der Waals surface area contributed by atoms with Gasteiger partial charge < -0.3 is 20.8 Å². The van der Waals surface area contributed by atoms with Crippen LogP contribution in [-0.4, -0.2) is 89.0 Å². The Labute approximate surface area is 374 Å². The van der Waals surface area contributed by atoms with Crippen molar-refractivity contribution in [3.8, 4) is 0 Å². The molecule has 0 bridgehead atoms. The van der Waals surface area contributed by atoms with Crippen LogP contribution in [0.1, 0.15) is 20.7 Å². The Kier molecular flexibility index (Phi) is 12.2. The second-order valence-electron chi connectivity index (χ2n) is 13.6. The molecule has 0 saturated heterocycles. The predicted octanol–water partition coefficient (Wildman–Crippen LogP) is 6.17. The molecular weight excluding hydrogens is 971 g/mol. The van der Waals surface area contributed by atoms with Gasteiger partial charge in [-0.25, -0.2) is 14.4 Å². The number of aromatic amines is 1. The molecule has 0 aliphatic rings. The number of carboxylic acids is 2. The molecule has 7 aromatic rings. The van der Waals surface area contributed by atoms with Crippen LogP contribution in [-0.2, 0) is 40.5 Å². The fourth-order valence-corrected chi connectivity index (χ4v) is 8.85. The quantitative estimate of drug-likeness (QED) is 0.0434. The van der Waals surface area contributed by atoms with Gasteiger partial charge in [0.1, 0.15) is 9.79 Å². The van der Waals surface area contributed by atoms with Crippen molar-refractivity contribution in [1.29, 1.82) is 0 Å². The van der Waals surface area contributed by atoms with Crippen LogP contribution < -0.4 is 16.3 Å². The van der Waals surface area contributed by atoms with E-state index in [4.69, 9.17) is 0 Å². The Balaban J connectivity index is 1.12. The molecule has 0 unspecified atom stereocenters. The fourth-order valence-electron chi connectivity index (χ4n) is 6.16. The van der Waals surface area contributed by atoms with E-state index in [0.717, 1.165) is 36.4 Å². The maximum Gasteiger partial charge on any atom is 0.351 e. The van der Waals surface area contributed by atoms with E-state index in [-0.39, 0.29) is 61.6 Å². The lowest BCUT2D eigenvalue weighted by atomic mass is 10.1. The van der Waals surface area contributed by atoms with Crippen LogP contribution in [0.15, 0.2) is 142 Å². The van der Waals surface area contributed by atoms with Gasteiger partial charge in [0.15, 0.2) is 0 Å². The van der Waals surface area contributed by atoms with Crippen molar-refractivity contribution in [2.45, 2.75) is 19.6 Å². The van der Waals surface area contributed by atoms with Crippen LogP contribution in [0.25, 0.3) is 21.5 Å². The van der Waals surface area contributed by atoms with Gasteiger partial charge >= 0.3 is 17.6 Å². The third-order valence-electron chi connectivity index (χ3n) is 9.08. The first-order chi connectivity index (χ1) is 31.2. The Morgan fingerprint density at radius 3 is 1.27 bits per heavy atom. The zero-order valence-corrected chi connectivity index (χ0v) is 36.0. The summed E-state index contributed by atoms with van der Waals surface area (Å²) in [5, 5.41) is 40.6. The van der Waals surface area contributed by atoms with E-state index in [0.29, 0.717) is 12.1 Å². The van der Waals surface area contributed by atoms with Gasteiger partial charge in [0.25, 0.3) is 40.5 Å². The lowest BCUT2D eigenvalue weighted by Crippen LogP contribution is -2.17. The van der Waals surface area contributed by atoms with E-state index in [1.165, 1.54) is 48.5 Å². The van der Waals surface area contributed by atoms with E-state index in [9.17, 15) is 76.5 Å². The number of fused-ring (bicyclic) bond motifs is 2. The highest BCUT2D eigenvalue weighted by atomic mass is 32.2. The number of hydrogen-bond donors (Lipinski definition) is 9. The number of aromatic nitrogens is 3. The van der Waals surface area contributed by atoms with Crippen LogP contribution >= 0.6 is 0 Å². The van der Waals surface area contributed by atoms with Gasteiger partial charge in [-0.2, -0.15) is 64.1 Å². The SMILES string of the molecule is O=C(O)c1cc(N=Nc2ccc3cc(S(=O)(=O)O)cc(S(=O)(=O)O)c3c2)ccc1Nc1nc(Nc2ccc(N=Nc3ccc4cc(S(=O)(=O)O)cc(S(=O)(=O)O)c4c3)cc2C(=O)O)[nH]c(=O)n1. The average Bonchev–Trinajstić information content (AvgIpc) is 3.23. The molecule has 0 radical (unpaired) electrons. The largest absolute Gasteiger partial charge is 0.478 e. The molecular formula is C37H25N9O17S4. The van der Waals surface area contributed by atoms with E-state index in [1.54, 1.807) is 0 Å². The molecule has 7 rings (SSSR count). The Morgan fingerprint density at radius 1 is 0.493 bits per heavy atom. The molecule has 6 aromatic carbocycles. The summed E-state index contributed by atoms with van der Waals surface area (Å²) in [5.74, 6) is -3.82. The highest BCUT2D eigenvalue weighted by Crippen LogP contribution is 2.34. The van der Waals surface area contributed by atoms with Crippen molar-refractivity contribution in [1.82, 2.24) is 15.0 Å². The molecule has 0 aliphatic carbocycles. The molecule has 0 atom stereocenters. The predicted molar refractivity (Wildman–Crippen MR) is 232 cm³/mol. The topological polar surface area (TPSA) is 424 Å². The number of aromatic carboxylic acids is 2. The second kappa shape index (κ2) is 17.4. The zero-order chi connectivity index (χ0) is 48.8. The molecule has 0 fully saturated rings. The monoisotopic (exact) mass is 995 g/mol. The van der Waals surface area contributed by atoms with E-state index >= 15 is 0 Å². The maximum absolute atomic E-state index is 12.6. The number of anilines is 4. The molecule has 67 heavy (non-hydrogen) atoms. The smallest absolute Gasteiger partial charge is 0.351 e. The lowest BCUT2D eigenvalue weighted by Gasteiger charge is -2.12. The number of rotatable bonds is 14. The van der Waals surface area contributed by atoms with Crippen molar-refractivity contribution >= 4 is 120 Å². The summed E-state index contributed by atoms with van der Waals surface area (Å²) in [6.45, 7) is 0. The minimum atomic E-state index is -5.01. The first-order valence-corrected chi connectivity index (χ1v) is 23.7. The van der Waals surface area contributed by atoms with Gasteiger partial charge in [-0.15, -0.1) is 0 Å². The van der Waals surface area contributed by atoms with Crippen molar-refractivity contribution < 1.29 is 71.7 Å².